The summed E-state index contributed by atoms with van der Waals surface area (Å²) < 4.78 is 13.2. The highest BCUT2D eigenvalue weighted by atomic mass is 32.1. The number of hydrogen-bond acceptors (Lipinski definition) is 6. The number of nitrogens with zero attached hydrogens (tertiary/aromatic N) is 2. The van der Waals surface area contributed by atoms with Crippen LogP contribution in [0.1, 0.15) is 34.1 Å². The molecule has 0 atom stereocenters. The average Bonchev–Trinajstić information content (AvgIpc) is 2.86. The van der Waals surface area contributed by atoms with E-state index < -0.39 is 0 Å². The standard InChI is InChI=1S/C16H20N2O5S/c1-9-12(8-19)24-15-13(9)14(20)18(10-6-11(7-10)23-3)16(21)17(15)4-5-22-2/h8,10-11H,4-7H2,1-3H3. The molecule has 0 aliphatic heterocycles. The SMILES string of the molecule is COCCn1c(=O)n(C2CC(OC)C2)c(=O)c2c(C)c(C=O)sc21. The summed E-state index contributed by atoms with van der Waals surface area (Å²) in [5, 5.41) is 0.457. The van der Waals surface area contributed by atoms with Crippen LogP contribution in [0.2, 0.25) is 0 Å². The second-order valence-corrected chi connectivity index (χ2v) is 7.01. The topological polar surface area (TPSA) is 79.5 Å². The maximum atomic E-state index is 12.9. The number of carbonyl (C=O) groups is 1. The molecule has 0 saturated heterocycles. The van der Waals surface area contributed by atoms with E-state index in [9.17, 15) is 14.4 Å². The minimum Gasteiger partial charge on any atom is -0.383 e. The predicted octanol–water partition coefficient (Wildman–Crippen LogP) is 1.34. The molecule has 2 heterocycles. The van der Waals surface area contributed by atoms with Crippen molar-refractivity contribution in [2.75, 3.05) is 20.8 Å². The zero-order valence-electron chi connectivity index (χ0n) is 13.9. The number of aromatic nitrogens is 2. The van der Waals surface area contributed by atoms with Gasteiger partial charge in [-0.1, -0.05) is 0 Å². The minimum atomic E-state index is -0.345. The van der Waals surface area contributed by atoms with Gasteiger partial charge in [0.2, 0.25) is 0 Å². The number of hydrogen-bond donors (Lipinski definition) is 0. The van der Waals surface area contributed by atoms with Gasteiger partial charge in [-0.05, 0) is 25.3 Å². The van der Waals surface area contributed by atoms with Gasteiger partial charge in [0.15, 0.2) is 6.29 Å². The molecule has 2 aromatic rings. The van der Waals surface area contributed by atoms with Gasteiger partial charge in [-0.25, -0.2) is 4.79 Å². The molecule has 0 N–H and O–H groups in total. The van der Waals surface area contributed by atoms with Gasteiger partial charge in [0.25, 0.3) is 5.56 Å². The van der Waals surface area contributed by atoms with Crippen LogP contribution in [-0.4, -0.2) is 42.4 Å². The molecule has 0 bridgehead atoms. The van der Waals surface area contributed by atoms with Crippen molar-refractivity contribution in [1.82, 2.24) is 9.13 Å². The highest BCUT2D eigenvalue weighted by Crippen LogP contribution is 2.33. The third-order valence-electron chi connectivity index (χ3n) is 4.67. The van der Waals surface area contributed by atoms with Crippen LogP contribution < -0.4 is 11.2 Å². The number of fused-ring (bicyclic) bond motifs is 1. The summed E-state index contributed by atoms with van der Waals surface area (Å²) >= 11 is 1.18. The van der Waals surface area contributed by atoms with Crippen LogP contribution in [0.4, 0.5) is 0 Å². The van der Waals surface area contributed by atoms with Gasteiger partial charge >= 0.3 is 5.69 Å². The second-order valence-electron chi connectivity index (χ2n) is 5.97. The van der Waals surface area contributed by atoms with Crippen molar-refractivity contribution in [1.29, 1.82) is 0 Å². The summed E-state index contributed by atoms with van der Waals surface area (Å²) in [5.74, 6) is 0. The fraction of sp³-hybridized carbons (Fsp3) is 0.562. The molecule has 3 rings (SSSR count). The molecule has 1 saturated carbocycles. The van der Waals surface area contributed by atoms with Crippen molar-refractivity contribution in [3.8, 4) is 0 Å². The first-order valence-electron chi connectivity index (χ1n) is 7.78. The van der Waals surface area contributed by atoms with E-state index in [1.54, 1.807) is 25.7 Å². The number of thiophene rings is 1. The van der Waals surface area contributed by atoms with Crippen molar-refractivity contribution >= 4 is 27.8 Å². The van der Waals surface area contributed by atoms with Crippen molar-refractivity contribution in [2.24, 2.45) is 0 Å². The molecule has 0 radical (unpaired) electrons. The summed E-state index contributed by atoms with van der Waals surface area (Å²) in [6, 6.07) is -0.160. The lowest BCUT2D eigenvalue weighted by atomic mass is 9.89. The Labute approximate surface area is 142 Å². The lowest BCUT2D eigenvalue weighted by Gasteiger charge is -2.35. The maximum Gasteiger partial charge on any atom is 0.332 e. The van der Waals surface area contributed by atoms with E-state index in [0.29, 0.717) is 46.7 Å². The van der Waals surface area contributed by atoms with Gasteiger partial charge in [-0.2, -0.15) is 0 Å². The van der Waals surface area contributed by atoms with Gasteiger partial charge < -0.3 is 9.47 Å². The van der Waals surface area contributed by atoms with Crippen LogP contribution in [0, 0.1) is 6.92 Å². The van der Waals surface area contributed by atoms with E-state index in [-0.39, 0.29) is 23.4 Å². The number of rotatable bonds is 6. The van der Waals surface area contributed by atoms with E-state index in [1.807, 2.05) is 0 Å². The summed E-state index contributed by atoms with van der Waals surface area (Å²) in [7, 11) is 3.19. The van der Waals surface area contributed by atoms with E-state index >= 15 is 0 Å². The van der Waals surface area contributed by atoms with Gasteiger partial charge in [0, 0.05) is 20.3 Å². The Morgan fingerprint density at radius 2 is 2.00 bits per heavy atom. The van der Waals surface area contributed by atoms with Crippen LogP contribution in [0.25, 0.3) is 10.2 Å². The Balaban J connectivity index is 2.24. The van der Waals surface area contributed by atoms with Crippen molar-refractivity contribution < 1.29 is 14.3 Å². The normalized spacial score (nSPS) is 20.3. The Hall–Kier alpha value is -1.77. The van der Waals surface area contributed by atoms with Gasteiger partial charge in [0.05, 0.1) is 29.5 Å². The average molecular weight is 352 g/mol. The first kappa shape index (κ1) is 17.1. The first-order valence-corrected chi connectivity index (χ1v) is 8.60. The highest BCUT2D eigenvalue weighted by molar-refractivity contribution is 7.20. The van der Waals surface area contributed by atoms with E-state index in [1.165, 1.54) is 15.9 Å². The molecule has 7 nitrogen and oxygen atoms in total. The number of ether oxygens (including phenoxy) is 2. The molecule has 1 aliphatic carbocycles. The zero-order valence-corrected chi connectivity index (χ0v) is 14.7. The fourth-order valence-electron chi connectivity index (χ4n) is 3.14. The Bertz CT molecular complexity index is 888. The fourth-order valence-corrected chi connectivity index (χ4v) is 4.27. The third kappa shape index (κ3) is 2.54. The molecule has 0 spiro atoms. The smallest absolute Gasteiger partial charge is 0.332 e. The molecule has 24 heavy (non-hydrogen) atoms. The largest absolute Gasteiger partial charge is 0.383 e. The van der Waals surface area contributed by atoms with Crippen molar-refractivity contribution in [3.63, 3.8) is 0 Å². The summed E-state index contributed by atoms with van der Waals surface area (Å²) in [6.07, 6.45) is 2.11. The third-order valence-corrected chi connectivity index (χ3v) is 5.91. The van der Waals surface area contributed by atoms with Crippen LogP contribution in [-0.2, 0) is 16.0 Å². The molecule has 1 aliphatic rings. The zero-order chi connectivity index (χ0) is 17.4. The molecular weight excluding hydrogens is 332 g/mol. The number of methoxy groups -OCH3 is 2. The molecule has 2 aromatic heterocycles. The molecule has 8 heteroatoms. The Kier molecular flexibility index (Phi) is 4.71. The number of carbonyl (C=O) groups excluding carboxylic acids is 1. The minimum absolute atomic E-state index is 0.0820. The van der Waals surface area contributed by atoms with E-state index in [0.717, 1.165) is 6.29 Å². The second kappa shape index (κ2) is 6.62. The van der Waals surface area contributed by atoms with Crippen molar-refractivity contribution in [2.45, 2.75) is 38.5 Å². The monoisotopic (exact) mass is 352 g/mol. The lowest BCUT2D eigenvalue weighted by molar-refractivity contribution is 0.00357. The van der Waals surface area contributed by atoms with E-state index in [2.05, 4.69) is 0 Å². The highest BCUT2D eigenvalue weighted by Gasteiger charge is 2.34. The van der Waals surface area contributed by atoms with Crippen LogP contribution in [0.5, 0.6) is 0 Å². The summed E-state index contributed by atoms with van der Waals surface area (Å²) in [5.41, 5.74) is -0.0228. The molecule has 1 fully saturated rings. The van der Waals surface area contributed by atoms with Crippen LogP contribution in [0.3, 0.4) is 0 Å². The van der Waals surface area contributed by atoms with E-state index in [4.69, 9.17) is 9.47 Å². The van der Waals surface area contributed by atoms with Crippen LogP contribution >= 0.6 is 11.3 Å². The first-order chi connectivity index (χ1) is 11.5. The number of aldehydes is 1. The summed E-state index contributed by atoms with van der Waals surface area (Å²) in [4.78, 5) is 38.1. The Morgan fingerprint density at radius 3 is 2.58 bits per heavy atom. The molecule has 0 amide bonds. The predicted molar refractivity (Wildman–Crippen MR) is 91.4 cm³/mol. The maximum absolute atomic E-state index is 12.9. The number of aryl methyl sites for hydroxylation is 1. The quantitative estimate of drug-likeness (QED) is 0.733. The Morgan fingerprint density at radius 1 is 1.29 bits per heavy atom. The van der Waals surface area contributed by atoms with Crippen LogP contribution in [0.15, 0.2) is 9.59 Å². The summed E-state index contributed by atoms with van der Waals surface area (Å²) in [6.45, 7) is 2.44. The van der Waals surface area contributed by atoms with Gasteiger partial charge in [-0.15, -0.1) is 11.3 Å². The molecule has 130 valence electrons. The molecular formula is C16H20N2O5S. The van der Waals surface area contributed by atoms with Gasteiger partial charge in [-0.3, -0.25) is 18.7 Å². The molecule has 0 aromatic carbocycles. The van der Waals surface area contributed by atoms with Gasteiger partial charge in [0.1, 0.15) is 4.83 Å². The molecule has 0 unspecified atom stereocenters. The lowest BCUT2D eigenvalue weighted by Crippen LogP contribution is -2.47. The van der Waals surface area contributed by atoms with Crippen molar-refractivity contribution in [3.05, 3.63) is 31.3 Å².